The van der Waals surface area contributed by atoms with Gasteiger partial charge in [0.05, 0.1) is 19.4 Å². The molecule has 7 heteroatoms. The van der Waals surface area contributed by atoms with Crippen molar-refractivity contribution in [1.82, 2.24) is 15.1 Å². The van der Waals surface area contributed by atoms with Crippen LogP contribution in [0.5, 0.6) is 0 Å². The maximum Gasteiger partial charge on any atom is 0.330 e. The first kappa shape index (κ1) is 15.7. The third-order valence-electron chi connectivity index (χ3n) is 3.18. The van der Waals surface area contributed by atoms with Gasteiger partial charge in [0, 0.05) is 17.5 Å². The zero-order valence-corrected chi connectivity index (χ0v) is 12.3. The van der Waals surface area contributed by atoms with Gasteiger partial charge in [-0.05, 0) is 37.3 Å². The second kappa shape index (κ2) is 6.86. The second-order valence-electron chi connectivity index (χ2n) is 4.66. The molecule has 1 atom stereocenters. The van der Waals surface area contributed by atoms with Crippen LogP contribution >= 0.6 is 0 Å². The van der Waals surface area contributed by atoms with Gasteiger partial charge in [0.2, 0.25) is 0 Å². The van der Waals surface area contributed by atoms with Gasteiger partial charge in [-0.3, -0.25) is 4.79 Å². The van der Waals surface area contributed by atoms with Gasteiger partial charge in [-0.2, -0.15) is 5.10 Å². The Morgan fingerprint density at radius 3 is 2.50 bits per heavy atom. The third kappa shape index (κ3) is 3.32. The van der Waals surface area contributed by atoms with E-state index in [2.05, 4.69) is 15.2 Å². The Labute approximate surface area is 127 Å². The molecular weight excluding hydrogens is 286 g/mol. The largest absolute Gasteiger partial charge is 0.467 e. The van der Waals surface area contributed by atoms with Gasteiger partial charge in [-0.15, -0.1) is 0 Å². The maximum atomic E-state index is 12.0. The molecule has 0 spiro atoms. The van der Waals surface area contributed by atoms with Crippen molar-refractivity contribution in [2.75, 3.05) is 13.7 Å². The summed E-state index contributed by atoms with van der Waals surface area (Å²) in [4.78, 5) is 23.4. The van der Waals surface area contributed by atoms with Crippen molar-refractivity contribution in [3.63, 3.8) is 0 Å². The number of rotatable bonds is 5. The van der Waals surface area contributed by atoms with Crippen molar-refractivity contribution in [2.45, 2.75) is 13.0 Å². The Bertz CT molecular complexity index is 664. The number of amides is 1. The number of aliphatic hydroxyl groups excluding tert-OH is 1. The van der Waals surface area contributed by atoms with Crippen LogP contribution in [0.4, 0.5) is 0 Å². The first-order valence-corrected chi connectivity index (χ1v) is 6.67. The highest BCUT2D eigenvalue weighted by Crippen LogP contribution is 2.11. The standard InChI is InChI=1S/C15H17N3O4/c1-10-7-8-16-18(10)12-5-3-11(4-6-12)14(20)17-13(9-19)15(21)22-2/h3-8,13,19H,9H2,1-2H3,(H,17,20)/t13-/m1/s1. The summed E-state index contributed by atoms with van der Waals surface area (Å²) in [5.74, 6) is -1.16. The third-order valence-corrected chi connectivity index (χ3v) is 3.18. The number of aryl methyl sites for hydroxylation is 1. The molecule has 2 aromatic rings. The summed E-state index contributed by atoms with van der Waals surface area (Å²) in [6, 6.07) is 7.55. The Kier molecular flexibility index (Phi) is 4.90. The van der Waals surface area contributed by atoms with E-state index in [9.17, 15) is 9.59 Å². The molecule has 0 unspecified atom stereocenters. The molecule has 0 saturated carbocycles. The number of carbonyl (C=O) groups is 2. The lowest BCUT2D eigenvalue weighted by atomic mass is 10.1. The second-order valence-corrected chi connectivity index (χ2v) is 4.66. The molecule has 1 amide bonds. The molecular formula is C15H17N3O4. The highest BCUT2D eigenvalue weighted by atomic mass is 16.5. The average molecular weight is 303 g/mol. The minimum Gasteiger partial charge on any atom is -0.467 e. The molecule has 0 radical (unpaired) electrons. The van der Waals surface area contributed by atoms with Gasteiger partial charge < -0.3 is 15.2 Å². The van der Waals surface area contributed by atoms with Crippen LogP contribution in [0.3, 0.4) is 0 Å². The molecule has 22 heavy (non-hydrogen) atoms. The molecule has 1 aromatic heterocycles. The number of nitrogens with zero attached hydrogens (tertiary/aromatic N) is 2. The zero-order chi connectivity index (χ0) is 16.1. The van der Waals surface area contributed by atoms with Crippen molar-refractivity contribution in [3.8, 4) is 5.69 Å². The minimum absolute atomic E-state index is 0.371. The molecule has 0 bridgehead atoms. The summed E-state index contributed by atoms with van der Waals surface area (Å²) in [6.45, 7) is 1.40. The number of esters is 1. The first-order valence-electron chi connectivity index (χ1n) is 6.67. The minimum atomic E-state index is -1.08. The molecule has 0 fully saturated rings. The monoisotopic (exact) mass is 303 g/mol. The van der Waals surface area contributed by atoms with Gasteiger partial charge in [-0.25, -0.2) is 9.48 Å². The summed E-state index contributed by atoms with van der Waals surface area (Å²) in [5, 5.41) is 15.7. The number of carbonyl (C=O) groups excluding carboxylic acids is 2. The number of ether oxygens (including phenoxy) is 1. The summed E-state index contributed by atoms with van der Waals surface area (Å²) in [7, 11) is 1.19. The highest BCUT2D eigenvalue weighted by Gasteiger charge is 2.21. The molecule has 0 saturated heterocycles. The number of benzene rings is 1. The molecule has 0 aliphatic rings. The summed E-state index contributed by atoms with van der Waals surface area (Å²) in [6.07, 6.45) is 1.69. The van der Waals surface area contributed by atoms with E-state index in [0.29, 0.717) is 5.56 Å². The average Bonchev–Trinajstić information content (AvgIpc) is 2.97. The number of methoxy groups -OCH3 is 1. The summed E-state index contributed by atoms with van der Waals surface area (Å²) >= 11 is 0. The number of aliphatic hydroxyl groups is 1. The van der Waals surface area contributed by atoms with Crippen LogP contribution in [0, 0.1) is 6.92 Å². The predicted octanol–water partition coefficient (Wildman–Crippen LogP) is 0.444. The van der Waals surface area contributed by atoms with Crippen molar-refractivity contribution >= 4 is 11.9 Å². The van der Waals surface area contributed by atoms with Gasteiger partial charge in [0.25, 0.3) is 5.91 Å². The van der Waals surface area contributed by atoms with Gasteiger partial charge in [-0.1, -0.05) is 0 Å². The van der Waals surface area contributed by atoms with E-state index >= 15 is 0 Å². The van der Waals surface area contributed by atoms with E-state index < -0.39 is 24.5 Å². The quantitative estimate of drug-likeness (QED) is 0.782. The number of hydrogen-bond donors (Lipinski definition) is 2. The molecule has 0 aliphatic carbocycles. The highest BCUT2D eigenvalue weighted by molar-refractivity contribution is 5.96. The number of hydrogen-bond acceptors (Lipinski definition) is 5. The van der Waals surface area contributed by atoms with Crippen molar-refractivity contribution in [3.05, 3.63) is 47.8 Å². The SMILES string of the molecule is COC(=O)[C@@H](CO)NC(=O)c1ccc(-n2nccc2C)cc1. The van der Waals surface area contributed by atoms with Gasteiger partial charge >= 0.3 is 5.97 Å². The molecule has 2 rings (SSSR count). The molecule has 116 valence electrons. The van der Waals surface area contributed by atoms with E-state index in [0.717, 1.165) is 11.4 Å². The van der Waals surface area contributed by atoms with Crippen LogP contribution in [0.2, 0.25) is 0 Å². The van der Waals surface area contributed by atoms with E-state index in [1.54, 1.807) is 35.1 Å². The van der Waals surface area contributed by atoms with Gasteiger partial charge in [0.15, 0.2) is 6.04 Å². The van der Waals surface area contributed by atoms with E-state index in [1.807, 2.05) is 13.0 Å². The fourth-order valence-electron chi connectivity index (χ4n) is 1.96. The van der Waals surface area contributed by atoms with Crippen LogP contribution in [0.25, 0.3) is 5.69 Å². The van der Waals surface area contributed by atoms with Crippen molar-refractivity contribution < 1.29 is 19.4 Å². The Morgan fingerprint density at radius 2 is 2.00 bits per heavy atom. The molecule has 0 aliphatic heterocycles. The summed E-state index contributed by atoms with van der Waals surface area (Å²) < 4.78 is 6.24. The van der Waals surface area contributed by atoms with Crippen LogP contribution in [0.15, 0.2) is 36.5 Å². The number of nitrogens with one attached hydrogen (secondary N) is 1. The van der Waals surface area contributed by atoms with Crippen LogP contribution < -0.4 is 5.32 Å². The van der Waals surface area contributed by atoms with E-state index in [4.69, 9.17) is 5.11 Å². The lowest BCUT2D eigenvalue weighted by molar-refractivity contribution is -0.143. The predicted molar refractivity (Wildman–Crippen MR) is 78.7 cm³/mol. The Hall–Kier alpha value is -2.67. The lowest BCUT2D eigenvalue weighted by Crippen LogP contribution is -2.44. The fraction of sp³-hybridized carbons (Fsp3) is 0.267. The maximum absolute atomic E-state index is 12.0. The normalized spacial score (nSPS) is 11.8. The molecule has 1 aromatic carbocycles. The number of aromatic nitrogens is 2. The van der Waals surface area contributed by atoms with Crippen LogP contribution in [0.1, 0.15) is 16.1 Å². The Balaban J connectivity index is 2.11. The first-order chi connectivity index (χ1) is 10.6. The van der Waals surface area contributed by atoms with Crippen molar-refractivity contribution in [2.24, 2.45) is 0 Å². The van der Waals surface area contributed by atoms with E-state index in [-0.39, 0.29) is 0 Å². The zero-order valence-electron chi connectivity index (χ0n) is 12.3. The van der Waals surface area contributed by atoms with E-state index in [1.165, 1.54) is 7.11 Å². The van der Waals surface area contributed by atoms with Crippen LogP contribution in [-0.2, 0) is 9.53 Å². The Morgan fingerprint density at radius 1 is 1.32 bits per heavy atom. The van der Waals surface area contributed by atoms with Crippen LogP contribution in [-0.4, -0.2) is 46.5 Å². The lowest BCUT2D eigenvalue weighted by Gasteiger charge is -2.14. The molecule has 7 nitrogen and oxygen atoms in total. The van der Waals surface area contributed by atoms with Gasteiger partial charge in [0.1, 0.15) is 0 Å². The molecule has 1 heterocycles. The van der Waals surface area contributed by atoms with Crippen molar-refractivity contribution in [1.29, 1.82) is 0 Å². The smallest absolute Gasteiger partial charge is 0.330 e. The fourth-order valence-corrected chi connectivity index (χ4v) is 1.96. The summed E-state index contributed by atoms with van der Waals surface area (Å²) in [5.41, 5.74) is 2.17. The topological polar surface area (TPSA) is 93.5 Å². The molecule has 2 N–H and O–H groups in total.